The molecule has 0 aliphatic carbocycles. The number of thioether (sulfide) groups is 1. The van der Waals surface area contributed by atoms with E-state index >= 15 is 0 Å². The molecule has 0 saturated heterocycles. The molecule has 1 heterocycles. The van der Waals surface area contributed by atoms with E-state index in [0.29, 0.717) is 0 Å². The Kier molecular flexibility index (Phi) is 7.90. The number of nitrogens with zero attached hydrogens (tertiary/aromatic N) is 3. The number of amides is 1. The van der Waals surface area contributed by atoms with Crippen LogP contribution in [0.2, 0.25) is 0 Å². The van der Waals surface area contributed by atoms with Gasteiger partial charge < -0.3 is 10.2 Å². The van der Waals surface area contributed by atoms with E-state index in [9.17, 15) is 4.79 Å². The summed E-state index contributed by atoms with van der Waals surface area (Å²) in [6, 6.07) is 19.9. The van der Waals surface area contributed by atoms with E-state index in [2.05, 4.69) is 29.2 Å². The van der Waals surface area contributed by atoms with Crippen molar-refractivity contribution in [3.63, 3.8) is 0 Å². The Hall–Kier alpha value is -2.57. The summed E-state index contributed by atoms with van der Waals surface area (Å²) in [7, 11) is 0. The zero-order chi connectivity index (χ0) is 20.5. The molecule has 0 aliphatic heterocycles. The van der Waals surface area contributed by atoms with Gasteiger partial charge in [0, 0.05) is 17.6 Å². The normalized spacial score (nSPS) is 12.1. The largest absolute Gasteiger partial charge is 0.322 e. The molecule has 0 spiro atoms. The van der Waals surface area contributed by atoms with Crippen LogP contribution >= 0.6 is 11.8 Å². The van der Waals surface area contributed by atoms with E-state index in [4.69, 9.17) is 0 Å². The summed E-state index contributed by atoms with van der Waals surface area (Å²) < 4.78 is 1.88. The van der Waals surface area contributed by atoms with Gasteiger partial charge in [0.2, 0.25) is 5.91 Å². The number of hydrogen-bond donors (Lipinski definition) is 1. The second-order valence-corrected chi connectivity index (χ2v) is 7.91. The van der Waals surface area contributed by atoms with Crippen molar-refractivity contribution in [3.8, 4) is 0 Å². The molecule has 0 fully saturated rings. The van der Waals surface area contributed by atoms with Crippen LogP contribution in [0, 0.1) is 0 Å². The molecule has 29 heavy (non-hydrogen) atoms. The first-order valence-electron chi connectivity index (χ1n) is 10.0. The molecule has 0 bridgehead atoms. The smallest absolute Gasteiger partial charge is 0.242 e. The van der Waals surface area contributed by atoms with Gasteiger partial charge in [-0.15, -0.1) is 11.8 Å². The highest BCUT2D eigenvalue weighted by atomic mass is 32.2. The topological polar surface area (TPSA) is 50.2 Å². The zero-order valence-corrected chi connectivity index (χ0v) is 17.8. The lowest BCUT2D eigenvalue weighted by atomic mass is 10.1. The van der Waals surface area contributed by atoms with Gasteiger partial charge in [-0.25, -0.2) is 0 Å². The van der Waals surface area contributed by atoms with Crippen molar-refractivity contribution in [2.45, 2.75) is 30.5 Å². The molecule has 1 unspecified atom stereocenters. The standard InChI is InChI=1S/C23H28N4OS/c1-3-26(4-2)15-16-27-18-20(17-24-27)25-23(28)22(19-11-7-5-8-12-19)29-21-13-9-6-10-14-21/h5-14,17-18,22H,3-4,15-16H2,1-2H3,(H,25,28). The van der Waals surface area contributed by atoms with Crippen LogP contribution in [0.3, 0.4) is 0 Å². The van der Waals surface area contributed by atoms with E-state index in [-0.39, 0.29) is 11.2 Å². The first-order valence-corrected chi connectivity index (χ1v) is 10.9. The number of anilines is 1. The predicted molar refractivity (Wildman–Crippen MR) is 120 cm³/mol. The molecule has 6 heteroatoms. The number of nitrogens with one attached hydrogen (secondary N) is 1. The van der Waals surface area contributed by atoms with Gasteiger partial charge in [0.25, 0.3) is 0 Å². The molecule has 3 rings (SSSR count). The van der Waals surface area contributed by atoms with Gasteiger partial charge in [0.05, 0.1) is 18.4 Å². The van der Waals surface area contributed by atoms with E-state index in [0.717, 1.165) is 42.3 Å². The Bertz CT molecular complexity index is 878. The number of hydrogen-bond acceptors (Lipinski definition) is 4. The lowest BCUT2D eigenvalue weighted by molar-refractivity contribution is -0.115. The van der Waals surface area contributed by atoms with Crippen molar-refractivity contribution in [2.75, 3.05) is 25.0 Å². The van der Waals surface area contributed by atoms with Crippen LogP contribution < -0.4 is 5.32 Å². The number of aromatic nitrogens is 2. The van der Waals surface area contributed by atoms with Crippen molar-refractivity contribution in [2.24, 2.45) is 0 Å². The summed E-state index contributed by atoms with van der Waals surface area (Å²) in [5, 5.41) is 7.10. The predicted octanol–water partition coefficient (Wildman–Crippen LogP) is 4.70. The second kappa shape index (κ2) is 10.8. The molecule has 1 aromatic heterocycles. The Labute approximate surface area is 177 Å². The third kappa shape index (κ3) is 6.21. The van der Waals surface area contributed by atoms with E-state index in [1.807, 2.05) is 71.5 Å². The maximum absolute atomic E-state index is 13.1. The first-order chi connectivity index (χ1) is 14.2. The fourth-order valence-corrected chi connectivity index (χ4v) is 4.12. The number of likely N-dealkylation sites (N-methyl/N-ethyl adjacent to an activating group) is 1. The minimum atomic E-state index is -0.336. The molecule has 3 aromatic rings. The SMILES string of the molecule is CCN(CC)CCn1cc(NC(=O)C(Sc2ccccc2)c2ccccc2)cn1. The van der Waals surface area contributed by atoms with Crippen LogP contribution in [0.5, 0.6) is 0 Å². The Morgan fingerprint density at radius 2 is 1.72 bits per heavy atom. The fraction of sp³-hybridized carbons (Fsp3) is 0.304. The Balaban J connectivity index is 1.68. The van der Waals surface area contributed by atoms with Crippen molar-refractivity contribution in [1.82, 2.24) is 14.7 Å². The maximum atomic E-state index is 13.1. The van der Waals surface area contributed by atoms with Gasteiger partial charge in [-0.2, -0.15) is 5.10 Å². The minimum Gasteiger partial charge on any atom is -0.322 e. The third-order valence-electron chi connectivity index (χ3n) is 4.78. The van der Waals surface area contributed by atoms with Gasteiger partial charge >= 0.3 is 0 Å². The summed E-state index contributed by atoms with van der Waals surface area (Å²) in [5.41, 5.74) is 1.71. The molecule has 152 valence electrons. The lowest BCUT2D eigenvalue weighted by Crippen LogP contribution is -2.27. The van der Waals surface area contributed by atoms with Crippen molar-refractivity contribution >= 4 is 23.4 Å². The molecule has 2 aromatic carbocycles. The molecule has 1 N–H and O–H groups in total. The van der Waals surface area contributed by atoms with Crippen molar-refractivity contribution in [1.29, 1.82) is 0 Å². The average Bonchev–Trinajstić information content (AvgIpc) is 3.21. The molecule has 1 amide bonds. The van der Waals surface area contributed by atoms with E-state index in [1.165, 1.54) is 0 Å². The van der Waals surface area contributed by atoms with Crippen LogP contribution in [-0.4, -0.2) is 40.2 Å². The van der Waals surface area contributed by atoms with Crippen LogP contribution in [0.1, 0.15) is 24.7 Å². The summed E-state index contributed by atoms with van der Waals surface area (Å²) in [6.45, 7) is 8.11. The zero-order valence-electron chi connectivity index (χ0n) is 17.0. The molecule has 0 aliphatic rings. The van der Waals surface area contributed by atoms with E-state index < -0.39 is 0 Å². The highest BCUT2D eigenvalue weighted by Crippen LogP contribution is 2.36. The minimum absolute atomic E-state index is 0.0478. The summed E-state index contributed by atoms with van der Waals surface area (Å²) in [6.07, 6.45) is 3.62. The molecule has 0 radical (unpaired) electrons. The van der Waals surface area contributed by atoms with Crippen molar-refractivity contribution < 1.29 is 4.79 Å². The van der Waals surface area contributed by atoms with Crippen molar-refractivity contribution in [3.05, 3.63) is 78.6 Å². The van der Waals surface area contributed by atoms with Gasteiger partial charge in [-0.05, 0) is 30.8 Å². The monoisotopic (exact) mass is 408 g/mol. The average molecular weight is 409 g/mol. The Morgan fingerprint density at radius 1 is 1.07 bits per heavy atom. The van der Waals surface area contributed by atoms with E-state index in [1.54, 1.807) is 18.0 Å². The lowest BCUT2D eigenvalue weighted by Gasteiger charge is -2.17. The highest BCUT2D eigenvalue weighted by Gasteiger charge is 2.22. The highest BCUT2D eigenvalue weighted by molar-refractivity contribution is 8.00. The number of rotatable bonds is 10. The quantitative estimate of drug-likeness (QED) is 0.494. The fourth-order valence-electron chi connectivity index (χ4n) is 3.08. The van der Waals surface area contributed by atoms with Gasteiger partial charge in [0.15, 0.2) is 0 Å². The third-order valence-corrected chi connectivity index (χ3v) is 6.04. The molecular weight excluding hydrogens is 380 g/mol. The first kappa shape index (κ1) is 21.1. The number of carbonyl (C=O) groups is 1. The molecular formula is C23H28N4OS. The summed E-state index contributed by atoms with van der Waals surface area (Å²) >= 11 is 1.55. The van der Waals surface area contributed by atoms with Crippen LogP contribution in [0.4, 0.5) is 5.69 Å². The number of carbonyl (C=O) groups excluding carboxylic acids is 1. The van der Waals surface area contributed by atoms with Crippen LogP contribution in [-0.2, 0) is 11.3 Å². The van der Waals surface area contributed by atoms with Gasteiger partial charge in [-0.3, -0.25) is 9.48 Å². The van der Waals surface area contributed by atoms with Gasteiger partial charge in [-0.1, -0.05) is 62.4 Å². The van der Waals surface area contributed by atoms with Crippen LogP contribution in [0.25, 0.3) is 0 Å². The molecule has 0 saturated carbocycles. The molecule has 1 atom stereocenters. The summed E-state index contributed by atoms with van der Waals surface area (Å²) in [4.78, 5) is 16.5. The number of benzene rings is 2. The second-order valence-electron chi connectivity index (χ2n) is 6.73. The Morgan fingerprint density at radius 3 is 2.38 bits per heavy atom. The van der Waals surface area contributed by atoms with Crippen LogP contribution in [0.15, 0.2) is 78.0 Å². The summed E-state index contributed by atoms with van der Waals surface area (Å²) in [5.74, 6) is -0.0478. The maximum Gasteiger partial charge on any atom is 0.242 e. The van der Waals surface area contributed by atoms with Gasteiger partial charge in [0.1, 0.15) is 5.25 Å². The molecule has 5 nitrogen and oxygen atoms in total.